The average molecular weight is 411 g/mol. The number of unbranched alkanes of at least 4 members (excludes halogenated alkanes) is 4. The second kappa shape index (κ2) is 12.3. The number of carbonyl (C=O) groups excluding carboxylic acids is 1. The van der Waals surface area contributed by atoms with Crippen LogP contribution < -0.4 is 14.2 Å². The molecule has 0 saturated carbocycles. The molecule has 0 bridgehead atoms. The lowest BCUT2D eigenvalue weighted by Crippen LogP contribution is -2.04. The highest BCUT2D eigenvalue weighted by Gasteiger charge is 2.08. The Labute approximate surface area is 176 Å². The molecule has 0 heterocycles. The van der Waals surface area contributed by atoms with Crippen LogP contribution in [-0.4, -0.2) is 19.7 Å². The van der Waals surface area contributed by atoms with Crippen LogP contribution in [0.5, 0.6) is 17.2 Å². The summed E-state index contributed by atoms with van der Waals surface area (Å²) in [5.74, 6) is -0.140. The molecule has 0 aromatic heterocycles. The third-order valence-electron chi connectivity index (χ3n) is 4.38. The van der Waals surface area contributed by atoms with Crippen molar-refractivity contribution in [3.63, 3.8) is 0 Å². The third-order valence-corrected chi connectivity index (χ3v) is 4.38. The SMILES string of the molecule is CCCCCCCOc1ccc(/C=C/C(=O)Oc2ccc(C#N)c(F)c2)cc1OC. The normalized spacial score (nSPS) is 10.6. The second-order valence-electron chi connectivity index (χ2n) is 6.68. The van der Waals surface area contributed by atoms with Crippen molar-refractivity contribution in [3.8, 4) is 23.3 Å². The number of ether oxygens (including phenoxy) is 3. The molecule has 2 aromatic carbocycles. The van der Waals surface area contributed by atoms with Gasteiger partial charge in [0, 0.05) is 12.1 Å². The molecule has 2 aromatic rings. The van der Waals surface area contributed by atoms with Crippen molar-refractivity contribution >= 4 is 12.0 Å². The van der Waals surface area contributed by atoms with E-state index in [9.17, 15) is 9.18 Å². The van der Waals surface area contributed by atoms with Crippen LogP contribution in [0.15, 0.2) is 42.5 Å². The first kappa shape index (κ1) is 23.0. The average Bonchev–Trinajstić information content (AvgIpc) is 2.75. The van der Waals surface area contributed by atoms with Gasteiger partial charge in [-0.1, -0.05) is 38.7 Å². The number of methoxy groups -OCH3 is 1. The summed E-state index contributed by atoms with van der Waals surface area (Å²) in [6.45, 7) is 2.81. The van der Waals surface area contributed by atoms with Crippen LogP contribution >= 0.6 is 0 Å². The van der Waals surface area contributed by atoms with Gasteiger partial charge in [-0.25, -0.2) is 9.18 Å². The van der Waals surface area contributed by atoms with Gasteiger partial charge in [-0.2, -0.15) is 5.26 Å². The lowest BCUT2D eigenvalue weighted by Gasteiger charge is -2.11. The molecule has 0 aliphatic rings. The molecule has 6 heteroatoms. The fourth-order valence-electron chi connectivity index (χ4n) is 2.76. The zero-order valence-electron chi connectivity index (χ0n) is 17.3. The second-order valence-corrected chi connectivity index (χ2v) is 6.68. The number of nitrogens with zero attached hydrogens (tertiary/aromatic N) is 1. The van der Waals surface area contributed by atoms with Crippen molar-refractivity contribution in [3.05, 3.63) is 59.4 Å². The number of benzene rings is 2. The van der Waals surface area contributed by atoms with E-state index in [0.29, 0.717) is 18.1 Å². The van der Waals surface area contributed by atoms with Crippen LogP contribution in [0.3, 0.4) is 0 Å². The van der Waals surface area contributed by atoms with Crippen LogP contribution in [0.1, 0.15) is 50.2 Å². The summed E-state index contributed by atoms with van der Waals surface area (Å²) in [5.41, 5.74) is 0.616. The van der Waals surface area contributed by atoms with E-state index >= 15 is 0 Å². The van der Waals surface area contributed by atoms with E-state index in [2.05, 4.69) is 6.92 Å². The predicted molar refractivity (Wildman–Crippen MR) is 113 cm³/mol. The number of esters is 1. The first-order valence-corrected chi connectivity index (χ1v) is 9.97. The Kier molecular flexibility index (Phi) is 9.39. The molecule has 2 rings (SSSR count). The maximum atomic E-state index is 13.6. The fraction of sp³-hybridized carbons (Fsp3) is 0.333. The largest absolute Gasteiger partial charge is 0.493 e. The highest BCUT2D eigenvalue weighted by molar-refractivity contribution is 5.88. The minimum Gasteiger partial charge on any atom is -0.493 e. The summed E-state index contributed by atoms with van der Waals surface area (Å²) in [6.07, 6.45) is 8.60. The predicted octanol–water partition coefficient (Wildman–Crippen LogP) is 5.67. The van der Waals surface area contributed by atoms with E-state index in [0.717, 1.165) is 24.5 Å². The van der Waals surface area contributed by atoms with E-state index in [-0.39, 0.29) is 11.3 Å². The monoisotopic (exact) mass is 411 g/mol. The summed E-state index contributed by atoms with van der Waals surface area (Å²) >= 11 is 0. The van der Waals surface area contributed by atoms with Crippen LogP contribution in [-0.2, 0) is 4.79 Å². The lowest BCUT2D eigenvalue weighted by molar-refractivity contribution is -0.128. The van der Waals surface area contributed by atoms with Crippen LogP contribution in [0.4, 0.5) is 4.39 Å². The maximum Gasteiger partial charge on any atom is 0.336 e. The van der Waals surface area contributed by atoms with E-state index in [1.165, 1.54) is 37.5 Å². The molecular formula is C24H26FNO4. The van der Waals surface area contributed by atoms with Crippen molar-refractivity contribution in [1.82, 2.24) is 0 Å². The molecule has 158 valence electrons. The third kappa shape index (κ3) is 7.25. The molecule has 0 aliphatic carbocycles. The van der Waals surface area contributed by atoms with Crippen LogP contribution in [0.2, 0.25) is 0 Å². The number of carbonyl (C=O) groups is 1. The van der Waals surface area contributed by atoms with E-state index in [4.69, 9.17) is 19.5 Å². The zero-order valence-corrected chi connectivity index (χ0v) is 17.3. The molecule has 0 saturated heterocycles. The summed E-state index contributed by atoms with van der Waals surface area (Å²) in [6, 6.07) is 10.7. The quantitative estimate of drug-likeness (QED) is 0.206. The van der Waals surface area contributed by atoms with Crippen molar-refractivity contribution in [2.45, 2.75) is 39.0 Å². The number of rotatable bonds is 11. The smallest absolute Gasteiger partial charge is 0.336 e. The van der Waals surface area contributed by atoms with Crippen LogP contribution in [0.25, 0.3) is 6.08 Å². The Morgan fingerprint density at radius 1 is 1.10 bits per heavy atom. The highest BCUT2D eigenvalue weighted by Crippen LogP contribution is 2.29. The van der Waals surface area contributed by atoms with Gasteiger partial charge in [0.05, 0.1) is 19.3 Å². The molecule has 0 spiro atoms. The molecular weight excluding hydrogens is 385 g/mol. The number of hydrogen-bond acceptors (Lipinski definition) is 5. The number of hydrogen-bond donors (Lipinski definition) is 0. The Hall–Kier alpha value is -3.33. The number of halogens is 1. The molecule has 0 aliphatic heterocycles. The summed E-state index contributed by atoms with van der Waals surface area (Å²) in [5, 5.41) is 8.73. The molecule has 30 heavy (non-hydrogen) atoms. The Balaban J connectivity index is 1.92. The van der Waals surface area contributed by atoms with Crippen molar-refractivity contribution in [1.29, 1.82) is 5.26 Å². The van der Waals surface area contributed by atoms with Gasteiger partial charge in [0.25, 0.3) is 0 Å². The molecule has 0 atom stereocenters. The fourth-order valence-corrected chi connectivity index (χ4v) is 2.76. The Morgan fingerprint density at radius 3 is 2.60 bits per heavy atom. The molecule has 0 fully saturated rings. The van der Waals surface area contributed by atoms with Crippen molar-refractivity contribution in [2.75, 3.05) is 13.7 Å². The van der Waals surface area contributed by atoms with Gasteiger partial charge >= 0.3 is 5.97 Å². The molecule has 0 N–H and O–H groups in total. The summed E-state index contributed by atoms with van der Waals surface area (Å²) < 4.78 is 29.8. The van der Waals surface area contributed by atoms with Crippen molar-refractivity contribution in [2.24, 2.45) is 0 Å². The standard InChI is InChI=1S/C24H26FNO4/c1-3-4-5-6-7-14-29-22-12-8-18(15-23(22)28-2)9-13-24(27)30-20-11-10-19(17-26)21(25)16-20/h8-13,15-16H,3-7,14H2,1-2H3/b13-9+. The molecule has 5 nitrogen and oxygen atoms in total. The zero-order chi connectivity index (χ0) is 21.8. The van der Waals surface area contributed by atoms with E-state index in [1.807, 2.05) is 0 Å². The van der Waals surface area contributed by atoms with Crippen LogP contribution in [0, 0.1) is 17.1 Å². The van der Waals surface area contributed by atoms with E-state index < -0.39 is 11.8 Å². The number of nitriles is 1. The summed E-state index contributed by atoms with van der Waals surface area (Å²) in [4.78, 5) is 12.0. The maximum absolute atomic E-state index is 13.6. The van der Waals surface area contributed by atoms with Gasteiger partial charge in [0.2, 0.25) is 0 Å². The van der Waals surface area contributed by atoms with Gasteiger partial charge in [0.15, 0.2) is 11.5 Å². The molecule has 0 unspecified atom stereocenters. The molecule has 0 amide bonds. The minimum absolute atomic E-state index is 0.0291. The van der Waals surface area contributed by atoms with Gasteiger partial charge in [-0.3, -0.25) is 0 Å². The van der Waals surface area contributed by atoms with Crippen molar-refractivity contribution < 1.29 is 23.4 Å². The lowest BCUT2D eigenvalue weighted by atomic mass is 10.1. The molecule has 0 radical (unpaired) electrons. The van der Waals surface area contributed by atoms with Gasteiger partial charge < -0.3 is 14.2 Å². The topological polar surface area (TPSA) is 68.5 Å². The van der Waals surface area contributed by atoms with E-state index in [1.54, 1.807) is 37.5 Å². The Bertz CT molecular complexity index is 918. The summed E-state index contributed by atoms with van der Waals surface area (Å²) in [7, 11) is 1.56. The Morgan fingerprint density at radius 2 is 1.90 bits per heavy atom. The van der Waals surface area contributed by atoms with Gasteiger partial charge in [-0.05, 0) is 42.3 Å². The van der Waals surface area contributed by atoms with Gasteiger partial charge in [0.1, 0.15) is 17.6 Å². The first-order valence-electron chi connectivity index (χ1n) is 9.97. The minimum atomic E-state index is -0.738. The van der Waals surface area contributed by atoms with Gasteiger partial charge in [-0.15, -0.1) is 0 Å². The highest BCUT2D eigenvalue weighted by atomic mass is 19.1. The first-order chi connectivity index (χ1) is 14.6.